The van der Waals surface area contributed by atoms with Gasteiger partial charge in [0.15, 0.2) is 12.4 Å². The third-order valence-corrected chi connectivity index (χ3v) is 6.41. The summed E-state index contributed by atoms with van der Waals surface area (Å²) in [7, 11) is 0. The molecule has 0 saturated heterocycles. The predicted molar refractivity (Wildman–Crippen MR) is 139 cm³/mol. The molecule has 0 atom stereocenters. The van der Waals surface area contributed by atoms with Gasteiger partial charge in [0.2, 0.25) is 0 Å². The van der Waals surface area contributed by atoms with E-state index >= 15 is 0 Å². The lowest BCUT2D eigenvalue weighted by atomic mass is 10.1. The van der Waals surface area contributed by atoms with Gasteiger partial charge in [-0.15, -0.1) is 5.10 Å². The second-order valence-corrected chi connectivity index (χ2v) is 9.20. The number of Topliss-reactive ketones (excluding diaryl/α,β-unsaturated/α-hetero) is 1. The normalized spacial score (nSPS) is 11.1. The van der Waals surface area contributed by atoms with Crippen molar-refractivity contribution < 1.29 is 13.9 Å². The molecule has 7 nitrogen and oxygen atoms in total. The lowest BCUT2D eigenvalue weighted by Crippen LogP contribution is -1.99. The van der Waals surface area contributed by atoms with Crippen LogP contribution in [-0.2, 0) is 6.61 Å². The van der Waals surface area contributed by atoms with Gasteiger partial charge in [-0.05, 0) is 78.3 Å². The fourth-order valence-electron chi connectivity index (χ4n) is 4.04. The van der Waals surface area contributed by atoms with Crippen LogP contribution in [0.15, 0.2) is 75.6 Å². The first-order valence-electron chi connectivity index (χ1n) is 10.8. The summed E-state index contributed by atoms with van der Waals surface area (Å²) in [6, 6.07) is 21.1. The highest BCUT2D eigenvalue weighted by Crippen LogP contribution is 2.37. The van der Waals surface area contributed by atoms with Crippen molar-refractivity contribution in [3.8, 4) is 11.4 Å². The monoisotopic (exact) mass is 550 g/mol. The van der Waals surface area contributed by atoms with Crippen molar-refractivity contribution in [3.63, 3.8) is 0 Å². The minimum absolute atomic E-state index is 0.0259. The highest BCUT2D eigenvalue weighted by Gasteiger charge is 2.21. The number of nitrogens with zero attached hydrogens (tertiary/aromatic N) is 3. The molecule has 5 rings (SSSR count). The molecule has 2 heterocycles. The topological polar surface area (TPSA) is 82.2 Å². The third kappa shape index (κ3) is 4.67. The van der Waals surface area contributed by atoms with Gasteiger partial charge < -0.3 is 19.0 Å². The fourth-order valence-corrected chi connectivity index (χ4v) is 4.61. The van der Waals surface area contributed by atoms with Crippen LogP contribution in [0.4, 0.5) is 11.7 Å². The van der Waals surface area contributed by atoms with Crippen molar-refractivity contribution in [2.75, 3.05) is 5.32 Å². The third-order valence-electron chi connectivity index (χ3n) is 5.54. The van der Waals surface area contributed by atoms with Crippen molar-refractivity contribution in [2.24, 2.45) is 0 Å². The number of rotatable bonds is 7. The average Bonchev–Trinajstić information content (AvgIpc) is 3.39. The van der Waals surface area contributed by atoms with Gasteiger partial charge in [0.05, 0.1) is 9.99 Å². The van der Waals surface area contributed by atoms with Crippen LogP contribution in [-0.4, -0.2) is 20.5 Å². The van der Waals surface area contributed by atoms with Gasteiger partial charge in [0.25, 0.3) is 5.89 Å². The molecule has 5 aromatic rings. The maximum Gasteiger partial charge on any atom is 0.320 e. The van der Waals surface area contributed by atoms with Gasteiger partial charge in [0.1, 0.15) is 5.75 Å². The molecule has 35 heavy (non-hydrogen) atoms. The standard InChI is InChI=1S/C26H20BrClN4O3/c1-15-25(16(2)33)20-12-23(21(27)13-22(20)32(15)19-10-8-17(28)9-11-19)34-14-24-30-31-26(35-24)29-18-6-4-3-5-7-18/h3-13H,14H2,1-2H3,(H,29,31). The molecule has 0 spiro atoms. The molecule has 0 amide bonds. The van der Waals surface area contributed by atoms with E-state index in [1.807, 2.05) is 78.2 Å². The van der Waals surface area contributed by atoms with E-state index in [-0.39, 0.29) is 18.4 Å². The molecule has 0 aliphatic carbocycles. The molecule has 0 bridgehead atoms. The van der Waals surface area contributed by atoms with Gasteiger partial charge in [-0.3, -0.25) is 4.79 Å². The van der Waals surface area contributed by atoms with E-state index < -0.39 is 0 Å². The lowest BCUT2D eigenvalue weighted by Gasteiger charge is -2.10. The van der Waals surface area contributed by atoms with Crippen LogP contribution in [0.25, 0.3) is 16.6 Å². The SMILES string of the molecule is CC(=O)c1c(C)n(-c2ccc(Cl)cc2)c2cc(Br)c(OCc3nnc(Nc4ccccc4)o3)cc12. The van der Waals surface area contributed by atoms with Crippen LogP contribution in [0, 0.1) is 6.92 Å². The summed E-state index contributed by atoms with van der Waals surface area (Å²) in [5.74, 6) is 0.850. The summed E-state index contributed by atoms with van der Waals surface area (Å²) in [5.41, 5.74) is 4.11. The Labute approximate surface area is 214 Å². The van der Waals surface area contributed by atoms with Crippen LogP contribution in [0.3, 0.4) is 0 Å². The van der Waals surface area contributed by atoms with E-state index in [4.69, 9.17) is 20.8 Å². The number of benzene rings is 3. The molecule has 0 fully saturated rings. The number of aromatic nitrogens is 3. The molecule has 9 heteroatoms. The number of ether oxygens (including phenoxy) is 1. The predicted octanol–water partition coefficient (Wildman–Crippen LogP) is 7.26. The smallest absolute Gasteiger partial charge is 0.320 e. The Morgan fingerprint density at radius 1 is 1.11 bits per heavy atom. The van der Waals surface area contributed by atoms with E-state index in [1.165, 1.54) is 0 Å². The highest BCUT2D eigenvalue weighted by atomic mass is 79.9. The molecular formula is C26H20BrClN4O3. The van der Waals surface area contributed by atoms with E-state index in [0.717, 1.165) is 32.4 Å². The second kappa shape index (κ2) is 9.56. The van der Waals surface area contributed by atoms with Crippen molar-refractivity contribution in [2.45, 2.75) is 20.5 Å². The first kappa shape index (κ1) is 23.1. The maximum absolute atomic E-state index is 12.6. The Kier molecular flexibility index (Phi) is 6.32. The van der Waals surface area contributed by atoms with E-state index in [2.05, 4.69) is 31.4 Å². The molecule has 0 aliphatic heterocycles. The number of ketones is 1. The Morgan fingerprint density at radius 3 is 2.57 bits per heavy atom. The molecule has 0 unspecified atom stereocenters. The number of nitrogens with one attached hydrogen (secondary N) is 1. The number of anilines is 2. The number of carbonyl (C=O) groups excluding carboxylic acids is 1. The zero-order chi connectivity index (χ0) is 24.5. The zero-order valence-electron chi connectivity index (χ0n) is 18.9. The van der Waals surface area contributed by atoms with Crippen LogP contribution >= 0.6 is 27.5 Å². The first-order chi connectivity index (χ1) is 16.9. The molecular weight excluding hydrogens is 532 g/mol. The minimum Gasteiger partial charge on any atom is -0.483 e. The second-order valence-electron chi connectivity index (χ2n) is 7.91. The quantitative estimate of drug-likeness (QED) is 0.214. The Balaban J connectivity index is 1.45. The lowest BCUT2D eigenvalue weighted by molar-refractivity contribution is 0.101. The van der Waals surface area contributed by atoms with E-state index in [0.29, 0.717) is 22.2 Å². The van der Waals surface area contributed by atoms with Gasteiger partial charge in [-0.25, -0.2) is 0 Å². The summed E-state index contributed by atoms with van der Waals surface area (Å²) >= 11 is 9.68. The largest absolute Gasteiger partial charge is 0.483 e. The average molecular weight is 552 g/mol. The van der Waals surface area contributed by atoms with E-state index in [9.17, 15) is 4.79 Å². The number of fused-ring (bicyclic) bond motifs is 1. The molecule has 2 aromatic heterocycles. The zero-order valence-corrected chi connectivity index (χ0v) is 21.2. The van der Waals surface area contributed by atoms with Gasteiger partial charge in [-0.2, -0.15) is 0 Å². The molecule has 176 valence electrons. The van der Waals surface area contributed by atoms with Crippen LogP contribution in [0.2, 0.25) is 5.02 Å². The molecule has 3 aromatic carbocycles. The summed E-state index contributed by atoms with van der Waals surface area (Å²) in [4.78, 5) is 12.6. The highest BCUT2D eigenvalue weighted by molar-refractivity contribution is 9.10. The number of carbonyl (C=O) groups is 1. The Bertz CT molecular complexity index is 1530. The minimum atomic E-state index is -0.0259. The Hall–Kier alpha value is -3.62. The van der Waals surface area contributed by atoms with Crippen molar-refractivity contribution in [1.82, 2.24) is 14.8 Å². The number of halogens is 2. The van der Waals surface area contributed by atoms with Gasteiger partial charge >= 0.3 is 6.01 Å². The van der Waals surface area contributed by atoms with Crippen LogP contribution in [0.1, 0.15) is 28.9 Å². The van der Waals surface area contributed by atoms with Gasteiger partial charge in [0, 0.05) is 33.0 Å². The van der Waals surface area contributed by atoms with Crippen molar-refractivity contribution >= 4 is 55.9 Å². The number of hydrogen-bond acceptors (Lipinski definition) is 6. The van der Waals surface area contributed by atoms with Crippen molar-refractivity contribution in [3.05, 3.63) is 93.4 Å². The summed E-state index contributed by atoms with van der Waals surface area (Å²) < 4.78 is 14.4. The fraction of sp³-hybridized carbons (Fsp3) is 0.115. The Morgan fingerprint density at radius 2 is 1.86 bits per heavy atom. The first-order valence-corrected chi connectivity index (χ1v) is 12.0. The number of para-hydroxylation sites is 1. The summed E-state index contributed by atoms with van der Waals surface area (Å²) in [6.07, 6.45) is 0. The van der Waals surface area contributed by atoms with Crippen molar-refractivity contribution in [1.29, 1.82) is 0 Å². The maximum atomic E-state index is 12.6. The van der Waals surface area contributed by atoms with Crippen LogP contribution < -0.4 is 10.1 Å². The molecule has 0 radical (unpaired) electrons. The van der Waals surface area contributed by atoms with Gasteiger partial charge in [-0.1, -0.05) is 34.9 Å². The molecule has 0 saturated carbocycles. The van der Waals surface area contributed by atoms with Crippen LogP contribution in [0.5, 0.6) is 5.75 Å². The molecule has 0 aliphatic rings. The van der Waals surface area contributed by atoms with E-state index in [1.54, 1.807) is 6.92 Å². The number of hydrogen-bond donors (Lipinski definition) is 1. The summed E-state index contributed by atoms with van der Waals surface area (Å²) in [5, 5.41) is 12.5. The molecule has 1 N–H and O–H groups in total. The summed E-state index contributed by atoms with van der Waals surface area (Å²) in [6.45, 7) is 3.57.